The molecule has 2 N–H and O–H groups in total. The first-order valence-electron chi connectivity index (χ1n) is 6.82. The number of methoxy groups -OCH3 is 1. The van der Waals surface area contributed by atoms with Gasteiger partial charge in [-0.05, 0) is 37.1 Å². The Morgan fingerprint density at radius 2 is 1.95 bits per heavy atom. The van der Waals surface area contributed by atoms with E-state index in [0.29, 0.717) is 13.0 Å². The molecule has 0 fully saturated rings. The first-order chi connectivity index (χ1) is 9.21. The minimum atomic E-state index is 0.167. The largest absolute Gasteiger partial charge is 0.497 e. The van der Waals surface area contributed by atoms with Crippen LogP contribution in [-0.4, -0.2) is 37.6 Å². The highest BCUT2D eigenvalue weighted by Crippen LogP contribution is 2.12. The van der Waals surface area contributed by atoms with Crippen LogP contribution in [0.1, 0.15) is 25.3 Å². The third kappa shape index (κ3) is 5.30. The lowest BCUT2D eigenvalue weighted by Crippen LogP contribution is -2.34. The molecule has 0 unspecified atom stereocenters. The van der Waals surface area contributed by atoms with Crippen LogP contribution in [0, 0.1) is 0 Å². The summed E-state index contributed by atoms with van der Waals surface area (Å²) in [6.07, 6.45) is 2.27. The van der Waals surface area contributed by atoms with Crippen LogP contribution in [0.15, 0.2) is 24.3 Å². The molecule has 0 radical (unpaired) electrons. The molecule has 0 aromatic heterocycles. The number of ether oxygens (including phenoxy) is 1. The van der Waals surface area contributed by atoms with Crippen molar-refractivity contribution in [3.05, 3.63) is 29.8 Å². The van der Waals surface area contributed by atoms with Gasteiger partial charge >= 0.3 is 0 Å². The van der Waals surface area contributed by atoms with Crippen molar-refractivity contribution in [3.63, 3.8) is 0 Å². The number of nitrogens with zero attached hydrogens (tertiary/aromatic N) is 1. The van der Waals surface area contributed by atoms with Crippen molar-refractivity contribution in [2.45, 2.75) is 26.2 Å². The molecular weight excluding hydrogens is 240 g/mol. The summed E-state index contributed by atoms with van der Waals surface area (Å²) >= 11 is 0. The normalized spacial score (nSPS) is 10.3. The predicted octanol–water partition coefficient (Wildman–Crippen LogP) is 1.83. The van der Waals surface area contributed by atoms with E-state index in [-0.39, 0.29) is 5.91 Å². The maximum Gasteiger partial charge on any atom is 0.226 e. The third-order valence-corrected chi connectivity index (χ3v) is 2.99. The fourth-order valence-corrected chi connectivity index (χ4v) is 1.94. The molecule has 0 aliphatic carbocycles. The summed E-state index contributed by atoms with van der Waals surface area (Å²) in [5.41, 5.74) is 6.52. The van der Waals surface area contributed by atoms with Gasteiger partial charge in [0, 0.05) is 13.1 Å². The predicted molar refractivity (Wildman–Crippen MR) is 77.2 cm³/mol. The van der Waals surface area contributed by atoms with Crippen LogP contribution >= 0.6 is 0 Å². The van der Waals surface area contributed by atoms with E-state index in [1.165, 1.54) is 0 Å². The Balaban J connectivity index is 2.58. The zero-order valence-corrected chi connectivity index (χ0v) is 11.9. The fraction of sp³-hybridized carbons (Fsp3) is 0.533. The van der Waals surface area contributed by atoms with E-state index < -0.39 is 0 Å². The van der Waals surface area contributed by atoms with Crippen LogP contribution in [0.2, 0.25) is 0 Å². The molecule has 0 saturated heterocycles. The summed E-state index contributed by atoms with van der Waals surface area (Å²) in [6, 6.07) is 7.63. The maximum absolute atomic E-state index is 12.2. The molecule has 0 atom stereocenters. The monoisotopic (exact) mass is 264 g/mol. The third-order valence-electron chi connectivity index (χ3n) is 2.99. The highest BCUT2D eigenvalue weighted by Gasteiger charge is 2.12. The van der Waals surface area contributed by atoms with Gasteiger partial charge in [0.25, 0.3) is 0 Å². The molecule has 1 aromatic rings. The number of carbonyl (C=O) groups is 1. The Labute approximate surface area is 115 Å². The zero-order valence-electron chi connectivity index (χ0n) is 11.9. The quantitative estimate of drug-likeness (QED) is 0.779. The van der Waals surface area contributed by atoms with E-state index in [0.717, 1.165) is 37.2 Å². The minimum absolute atomic E-state index is 0.167. The van der Waals surface area contributed by atoms with Crippen LogP contribution < -0.4 is 10.5 Å². The average Bonchev–Trinajstić information content (AvgIpc) is 2.44. The van der Waals surface area contributed by atoms with Crippen LogP contribution in [0.25, 0.3) is 0 Å². The molecule has 106 valence electrons. The number of rotatable bonds is 8. The fourth-order valence-electron chi connectivity index (χ4n) is 1.94. The second-order valence-electron chi connectivity index (χ2n) is 4.55. The van der Waals surface area contributed by atoms with E-state index in [2.05, 4.69) is 6.92 Å². The number of nitrogens with two attached hydrogens (primary N) is 1. The molecule has 19 heavy (non-hydrogen) atoms. The summed E-state index contributed by atoms with van der Waals surface area (Å²) in [5.74, 6) is 0.977. The lowest BCUT2D eigenvalue weighted by Gasteiger charge is -2.22. The van der Waals surface area contributed by atoms with Crippen LogP contribution in [0.3, 0.4) is 0 Å². The number of benzene rings is 1. The summed E-state index contributed by atoms with van der Waals surface area (Å²) < 4.78 is 5.10. The minimum Gasteiger partial charge on any atom is -0.497 e. The van der Waals surface area contributed by atoms with E-state index in [1.54, 1.807) is 7.11 Å². The van der Waals surface area contributed by atoms with Crippen LogP contribution in [-0.2, 0) is 11.2 Å². The van der Waals surface area contributed by atoms with Crippen molar-refractivity contribution >= 4 is 5.91 Å². The van der Waals surface area contributed by atoms with Crippen molar-refractivity contribution in [3.8, 4) is 5.75 Å². The van der Waals surface area contributed by atoms with Crippen molar-refractivity contribution in [2.24, 2.45) is 5.73 Å². The van der Waals surface area contributed by atoms with Gasteiger partial charge < -0.3 is 15.4 Å². The molecule has 1 amide bonds. The number of amides is 1. The van der Waals surface area contributed by atoms with E-state index >= 15 is 0 Å². The Bertz CT molecular complexity index is 376. The van der Waals surface area contributed by atoms with Crippen LogP contribution in [0.4, 0.5) is 0 Å². The number of hydrogen-bond acceptors (Lipinski definition) is 3. The van der Waals surface area contributed by atoms with Gasteiger partial charge in [0.2, 0.25) is 5.91 Å². The molecule has 0 heterocycles. The van der Waals surface area contributed by atoms with Gasteiger partial charge in [-0.1, -0.05) is 19.1 Å². The van der Waals surface area contributed by atoms with Gasteiger partial charge in [0.1, 0.15) is 5.75 Å². The lowest BCUT2D eigenvalue weighted by molar-refractivity contribution is -0.130. The van der Waals surface area contributed by atoms with Crippen molar-refractivity contribution in [2.75, 3.05) is 26.7 Å². The van der Waals surface area contributed by atoms with Gasteiger partial charge in [-0.15, -0.1) is 0 Å². The van der Waals surface area contributed by atoms with Crippen molar-refractivity contribution in [1.29, 1.82) is 0 Å². The molecule has 0 saturated carbocycles. The van der Waals surface area contributed by atoms with Gasteiger partial charge in [0.15, 0.2) is 0 Å². The number of hydrogen-bond donors (Lipinski definition) is 1. The van der Waals surface area contributed by atoms with Crippen LogP contribution in [0.5, 0.6) is 5.75 Å². The summed E-state index contributed by atoms with van der Waals surface area (Å²) in [7, 11) is 1.63. The van der Waals surface area contributed by atoms with E-state index in [1.807, 2.05) is 29.2 Å². The van der Waals surface area contributed by atoms with E-state index in [4.69, 9.17) is 10.5 Å². The van der Waals surface area contributed by atoms with Crippen molar-refractivity contribution < 1.29 is 9.53 Å². The molecule has 4 heteroatoms. The van der Waals surface area contributed by atoms with Gasteiger partial charge in [-0.25, -0.2) is 0 Å². The topological polar surface area (TPSA) is 55.6 Å². The molecule has 0 aliphatic heterocycles. The molecule has 0 spiro atoms. The average molecular weight is 264 g/mol. The Hall–Kier alpha value is -1.55. The molecule has 1 rings (SSSR count). The smallest absolute Gasteiger partial charge is 0.226 e. The first kappa shape index (κ1) is 15.5. The molecule has 0 aliphatic rings. The summed E-state index contributed by atoms with van der Waals surface area (Å²) in [4.78, 5) is 14.1. The SMILES string of the molecule is CCCN(CCCN)C(=O)Cc1ccc(OC)cc1. The highest BCUT2D eigenvalue weighted by molar-refractivity contribution is 5.78. The summed E-state index contributed by atoms with van der Waals surface area (Å²) in [5, 5.41) is 0. The summed E-state index contributed by atoms with van der Waals surface area (Å²) in [6.45, 7) is 4.25. The van der Waals surface area contributed by atoms with Gasteiger partial charge in [0.05, 0.1) is 13.5 Å². The van der Waals surface area contributed by atoms with E-state index in [9.17, 15) is 4.79 Å². The number of carbonyl (C=O) groups excluding carboxylic acids is 1. The van der Waals surface area contributed by atoms with Crippen molar-refractivity contribution in [1.82, 2.24) is 4.90 Å². The maximum atomic E-state index is 12.2. The molecule has 0 bridgehead atoms. The zero-order chi connectivity index (χ0) is 14.1. The Kier molecular flexibility index (Phi) is 6.97. The molecular formula is C15H24N2O2. The Morgan fingerprint density at radius 1 is 1.26 bits per heavy atom. The van der Waals surface area contributed by atoms with Gasteiger partial charge in [-0.3, -0.25) is 4.79 Å². The first-order valence-corrected chi connectivity index (χ1v) is 6.82. The Morgan fingerprint density at radius 3 is 2.47 bits per heavy atom. The standard InChI is InChI=1S/C15H24N2O2/c1-3-10-17(11-4-9-16)15(18)12-13-5-7-14(19-2)8-6-13/h5-8H,3-4,9-12,16H2,1-2H3. The lowest BCUT2D eigenvalue weighted by atomic mass is 10.1. The molecule has 4 nitrogen and oxygen atoms in total. The molecule has 1 aromatic carbocycles. The second-order valence-corrected chi connectivity index (χ2v) is 4.55. The van der Waals surface area contributed by atoms with Gasteiger partial charge in [-0.2, -0.15) is 0 Å². The second kappa shape index (κ2) is 8.53. The highest BCUT2D eigenvalue weighted by atomic mass is 16.5.